The van der Waals surface area contributed by atoms with Gasteiger partial charge in [-0.2, -0.15) is 0 Å². The van der Waals surface area contributed by atoms with Gasteiger partial charge in [0.15, 0.2) is 0 Å². The fourth-order valence-corrected chi connectivity index (χ4v) is 2.75. The predicted octanol–water partition coefficient (Wildman–Crippen LogP) is -3.15. The zero-order valence-corrected chi connectivity index (χ0v) is 18.2. The number of carboxylic acid groups (broad SMARTS) is 1. The van der Waals surface area contributed by atoms with Gasteiger partial charge in [-0.15, -0.1) is 0 Å². The van der Waals surface area contributed by atoms with Gasteiger partial charge in [-0.3, -0.25) is 28.8 Å². The van der Waals surface area contributed by atoms with Crippen molar-refractivity contribution < 1.29 is 33.9 Å². The minimum atomic E-state index is -1.38. The molecule has 4 amide bonds. The van der Waals surface area contributed by atoms with E-state index in [-0.39, 0.29) is 6.42 Å². The fraction of sp³-hybridized carbons (Fsp3) is 0.526. The maximum absolute atomic E-state index is 12.9. The Balaban J connectivity index is 3.00. The summed E-state index contributed by atoms with van der Waals surface area (Å²) < 4.78 is 0. The van der Waals surface area contributed by atoms with Crippen molar-refractivity contribution in [1.82, 2.24) is 25.9 Å². The van der Waals surface area contributed by atoms with Crippen LogP contribution in [0.2, 0.25) is 0 Å². The summed E-state index contributed by atoms with van der Waals surface area (Å²) in [6.45, 7) is 3.25. The van der Waals surface area contributed by atoms with Crippen LogP contribution in [0.3, 0.4) is 0 Å². The molecule has 9 N–H and O–H groups in total. The highest BCUT2D eigenvalue weighted by atomic mass is 16.4. The highest BCUT2D eigenvalue weighted by molar-refractivity contribution is 5.94. The molecule has 0 bridgehead atoms. The standard InChI is InChI=1S/C19H28N7O7/c1-9(2)16(26-17(31)12(20)5-15(29)30)19(33)25-13(3-10-6-22-8-23-10)18(32)24-11(7-27)4-14(21)28/h6,8-9,11-13,16H,3-5,20H2,1-2H3,(H2,21,28)(H,22,23)(H,24,32)(H,25,33)(H,26,31)(H,29,30)/t11-,12-,13-,16-/m0/s1. The Morgan fingerprint density at radius 3 is 2.24 bits per heavy atom. The number of carbonyl (C=O) groups excluding carboxylic acids is 5. The second kappa shape index (κ2) is 12.9. The largest absolute Gasteiger partial charge is 0.481 e. The number of nitrogens with zero attached hydrogens (tertiary/aromatic N) is 1. The average molecular weight is 466 g/mol. The van der Waals surface area contributed by atoms with Crippen LogP contribution < -0.4 is 27.4 Å². The fourth-order valence-electron chi connectivity index (χ4n) is 2.75. The van der Waals surface area contributed by atoms with Crippen LogP contribution in [-0.2, 0) is 35.2 Å². The maximum atomic E-state index is 12.9. The molecule has 0 aliphatic heterocycles. The molecule has 0 saturated heterocycles. The second-order valence-corrected chi connectivity index (χ2v) is 7.61. The monoisotopic (exact) mass is 466 g/mol. The number of hydrogen-bond donors (Lipinski definition) is 7. The summed E-state index contributed by atoms with van der Waals surface area (Å²) in [7, 11) is 0. The number of amides is 4. The van der Waals surface area contributed by atoms with Crippen LogP contribution in [0.15, 0.2) is 12.5 Å². The van der Waals surface area contributed by atoms with Crippen molar-refractivity contribution in [3.8, 4) is 0 Å². The van der Waals surface area contributed by atoms with Crippen LogP contribution in [0.25, 0.3) is 0 Å². The molecule has 0 aliphatic rings. The molecule has 14 nitrogen and oxygen atoms in total. The van der Waals surface area contributed by atoms with Gasteiger partial charge in [0.05, 0.1) is 30.9 Å². The lowest BCUT2D eigenvalue weighted by atomic mass is 10.0. The normalized spacial score (nSPS) is 14.4. The van der Waals surface area contributed by atoms with Crippen LogP contribution in [0, 0.1) is 5.92 Å². The number of aromatic nitrogens is 2. The number of imidazole rings is 1. The third-order valence-corrected chi connectivity index (χ3v) is 4.44. The topological polar surface area (TPSA) is 239 Å². The Kier molecular flexibility index (Phi) is 10.6. The first kappa shape index (κ1) is 27.2. The Labute approximate surface area is 189 Å². The molecule has 14 heteroatoms. The number of nitrogens with one attached hydrogen (secondary N) is 4. The zero-order valence-electron chi connectivity index (χ0n) is 18.2. The van der Waals surface area contributed by atoms with Gasteiger partial charge < -0.3 is 37.5 Å². The van der Waals surface area contributed by atoms with E-state index in [1.54, 1.807) is 13.8 Å². The lowest BCUT2D eigenvalue weighted by Gasteiger charge is -2.26. The van der Waals surface area contributed by atoms with Crippen molar-refractivity contribution in [2.75, 3.05) is 0 Å². The summed E-state index contributed by atoms with van der Waals surface area (Å²) in [6.07, 6.45) is 3.15. The SMILES string of the molecule is CC(C)[C@H](NC(=O)[C@@H](N)CC(=O)O)C(=O)N[C@@H](Cc1c[nH]cn1)C(=O)N[C@H]([C]=O)CC(N)=O. The number of nitrogens with two attached hydrogens (primary N) is 2. The molecule has 0 aliphatic carbocycles. The highest BCUT2D eigenvalue weighted by Crippen LogP contribution is 2.06. The molecule has 181 valence electrons. The molecule has 1 radical (unpaired) electrons. The molecule has 1 heterocycles. The lowest BCUT2D eigenvalue weighted by molar-refractivity contribution is -0.140. The van der Waals surface area contributed by atoms with Crippen LogP contribution in [-0.4, -0.2) is 75.1 Å². The van der Waals surface area contributed by atoms with E-state index < -0.39 is 72.5 Å². The summed E-state index contributed by atoms with van der Waals surface area (Å²) in [5.74, 6) is -4.98. The Hall–Kier alpha value is -3.81. The molecule has 1 aromatic heterocycles. The van der Waals surface area contributed by atoms with E-state index in [9.17, 15) is 28.8 Å². The second-order valence-electron chi connectivity index (χ2n) is 7.61. The number of aliphatic carboxylic acids is 1. The van der Waals surface area contributed by atoms with Crippen molar-refractivity contribution in [3.05, 3.63) is 18.2 Å². The molecule has 0 spiro atoms. The number of hydrogen-bond acceptors (Lipinski definition) is 8. The van der Waals surface area contributed by atoms with Crippen LogP contribution in [0.1, 0.15) is 32.4 Å². The zero-order chi connectivity index (χ0) is 25.1. The quantitative estimate of drug-likeness (QED) is 0.146. The molecule has 1 rings (SSSR count). The minimum Gasteiger partial charge on any atom is -0.481 e. The average Bonchev–Trinajstić information content (AvgIpc) is 3.22. The van der Waals surface area contributed by atoms with Crippen LogP contribution in [0.4, 0.5) is 0 Å². The molecule has 0 fully saturated rings. The third-order valence-electron chi connectivity index (χ3n) is 4.44. The minimum absolute atomic E-state index is 0.0828. The van der Waals surface area contributed by atoms with Gasteiger partial charge in [0, 0.05) is 12.6 Å². The number of primary amides is 1. The van der Waals surface area contributed by atoms with Crippen molar-refractivity contribution in [1.29, 1.82) is 0 Å². The van der Waals surface area contributed by atoms with Crippen molar-refractivity contribution in [2.45, 2.75) is 57.3 Å². The summed E-state index contributed by atoms with van der Waals surface area (Å²) in [6, 6.07) is -5.08. The molecular formula is C19H28N7O7. The molecule has 0 unspecified atom stereocenters. The summed E-state index contributed by atoms with van der Waals surface area (Å²) >= 11 is 0. The van der Waals surface area contributed by atoms with E-state index in [0.717, 1.165) is 0 Å². The molecular weight excluding hydrogens is 438 g/mol. The van der Waals surface area contributed by atoms with E-state index in [1.165, 1.54) is 18.8 Å². The highest BCUT2D eigenvalue weighted by Gasteiger charge is 2.31. The van der Waals surface area contributed by atoms with Crippen LogP contribution >= 0.6 is 0 Å². The first-order valence-electron chi connectivity index (χ1n) is 9.96. The van der Waals surface area contributed by atoms with Gasteiger partial charge in [0.1, 0.15) is 18.1 Å². The lowest BCUT2D eigenvalue weighted by Crippen LogP contribution is -2.58. The van der Waals surface area contributed by atoms with Crippen LogP contribution in [0.5, 0.6) is 0 Å². The van der Waals surface area contributed by atoms with E-state index in [1.807, 2.05) is 0 Å². The van der Waals surface area contributed by atoms with Crippen molar-refractivity contribution in [3.63, 3.8) is 0 Å². The number of carboxylic acids is 1. The first-order chi connectivity index (χ1) is 15.4. The van der Waals surface area contributed by atoms with E-state index in [2.05, 4.69) is 25.9 Å². The van der Waals surface area contributed by atoms with Crippen molar-refractivity contribution in [2.24, 2.45) is 17.4 Å². The third kappa shape index (κ3) is 9.47. The van der Waals surface area contributed by atoms with Gasteiger partial charge in [-0.25, -0.2) is 4.98 Å². The number of H-pyrrole nitrogens is 1. The molecule has 4 atom stereocenters. The van der Waals surface area contributed by atoms with Crippen molar-refractivity contribution >= 4 is 35.9 Å². The Morgan fingerprint density at radius 2 is 1.76 bits per heavy atom. The summed E-state index contributed by atoms with van der Waals surface area (Å²) in [5.41, 5.74) is 11.0. The van der Waals surface area contributed by atoms with Gasteiger partial charge in [-0.1, -0.05) is 13.8 Å². The number of aromatic amines is 1. The molecule has 33 heavy (non-hydrogen) atoms. The first-order valence-corrected chi connectivity index (χ1v) is 9.96. The van der Waals surface area contributed by atoms with E-state index in [4.69, 9.17) is 16.6 Å². The maximum Gasteiger partial charge on any atom is 0.305 e. The van der Waals surface area contributed by atoms with E-state index in [0.29, 0.717) is 5.69 Å². The molecule has 0 saturated carbocycles. The molecule has 1 aromatic rings. The molecule has 0 aromatic carbocycles. The van der Waals surface area contributed by atoms with Gasteiger partial charge in [0.2, 0.25) is 29.9 Å². The number of rotatable bonds is 14. The van der Waals surface area contributed by atoms with Gasteiger partial charge >= 0.3 is 5.97 Å². The number of carbonyl (C=O) groups is 5. The Bertz CT molecular complexity index is 857. The van der Waals surface area contributed by atoms with Gasteiger partial charge in [-0.05, 0) is 5.92 Å². The summed E-state index contributed by atoms with van der Waals surface area (Å²) in [5, 5.41) is 15.9. The van der Waals surface area contributed by atoms with E-state index >= 15 is 0 Å². The smallest absolute Gasteiger partial charge is 0.305 e. The van der Waals surface area contributed by atoms with Gasteiger partial charge in [0.25, 0.3) is 0 Å². The summed E-state index contributed by atoms with van der Waals surface area (Å²) in [4.78, 5) is 77.4. The Morgan fingerprint density at radius 1 is 1.09 bits per heavy atom. The predicted molar refractivity (Wildman–Crippen MR) is 113 cm³/mol.